The van der Waals surface area contributed by atoms with Gasteiger partial charge in [0.15, 0.2) is 5.75 Å². The van der Waals surface area contributed by atoms with E-state index in [2.05, 4.69) is 21.2 Å². The van der Waals surface area contributed by atoms with Gasteiger partial charge in [0.2, 0.25) is 0 Å². The molecular formula is C13H16BrNO4S. The van der Waals surface area contributed by atoms with E-state index >= 15 is 0 Å². The van der Waals surface area contributed by atoms with Crippen molar-refractivity contribution in [3.05, 3.63) is 26.4 Å². The molecule has 0 fully saturated rings. The maximum absolute atomic E-state index is 12.2. The van der Waals surface area contributed by atoms with Gasteiger partial charge >= 0.3 is 5.97 Å². The molecule has 7 heteroatoms. The van der Waals surface area contributed by atoms with Crippen LogP contribution in [-0.4, -0.2) is 30.1 Å². The number of carboxylic acid groups (broad SMARTS) is 1. The first kappa shape index (κ1) is 16.7. The van der Waals surface area contributed by atoms with Gasteiger partial charge in [-0.05, 0) is 36.2 Å². The van der Waals surface area contributed by atoms with Crippen molar-refractivity contribution in [1.82, 2.24) is 5.32 Å². The highest BCUT2D eigenvalue weighted by molar-refractivity contribution is 9.10. The Balaban J connectivity index is 2.94. The van der Waals surface area contributed by atoms with Gasteiger partial charge in [0.05, 0.1) is 11.6 Å². The number of thiophene rings is 1. The molecule has 1 aromatic rings. The third kappa shape index (κ3) is 3.83. The smallest absolute Gasteiger partial charge is 0.326 e. The van der Waals surface area contributed by atoms with Crippen LogP contribution in [0.2, 0.25) is 0 Å². The summed E-state index contributed by atoms with van der Waals surface area (Å²) in [5.41, 5.74) is 0. The molecule has 1 unspecified atom stereocenters. The molecule has 0 aromatic carbocycles. The van der Waals surface area contributed by atoms with E-state index in [1.54, 1.807) is 19.1 Å². The van der Waals surface area contributed by atoms with Crippen LogP contribution in [0.25, 0.3) is 0 Å². The molecule has 0 bridgehead atoms. The minimum atomic E-state index is -1.07. The summed E-state index contributed by atoms with van der Waals surface area (Å²) in [5.74, 6) is -1.08. The number of hydrogen-bond acceptors (Lipinski definition) is 4. The minimum absolute atomic E-state index is 0.241. The molecule has 1 amide bonds. The molecule has 1 heterocycles. The summed E-state index contributed by atoms with van der Waals surface area (Å²) in [6.07, 6.45) is 3.69. The monoisotopic (exact) mass is 361 g/mol. The highest BCUT2D eigenvalue weighted by atomic mass is 79.9. The van der Waals surface area contributed by atoms with E-state index in [9.17, 15) is 9.59 Å². The molecule has 2 N–H and O–H groups in total. The summed E-state index contributed by atoms with van der Waals surface area (Å²) in [5, 5.41) is 11.6. The van der Waals surface area contributed by atoms with Gasteiger partial charge < -0.3 is 15.2 Å². The average Bonchev–Trinajstić information content (AvgIpc) is 2.69. The zero-order chi connectivity index (χ0) is 15.3. The molecule has 1 rings (SSSR count). The maximum Gasteiger partial charge on any atom is 0.326 e. The van der Waals surface area contributed by atoms with Gasteiger partial charge in [-0.3, -0.25) is 4.79 Å². The maximum atomic E-state index is 12.2. The second-order valence-electron chi connectivity index (χ2n) is 4.00. The molecule has 0 aliphatic rings. The van der Waals surface area contributed by atoms with E-state index in [-0.39, 0.29) is 6.42 Å². The number of carbonyl (C=O) groups is 2. The number of carboxylic acids is 1. The van der Waals surface area contributed by atoms with Crippen molar-refractivity contribution in [3.8, 4) is 5.75 Å². The Morgan fingerprint density at radius 3 is 2.70 bits per heavy atom. The van der Waals surface area contributed by atoms with E-state index < -0.39 is 17.9 Å². The molecule has 0 saturated carbocycles. The molecule has 0 radical (unpaired) electrons. The predicted octanol–water partition coefficient (Wildman–Crippen LogP) is 2.98. The number of rotatable bonds is 6. The van der Waals surface area contributed by atoms with Crippen molar-refractivity contribution >= 4 is 39.1 Å². The molecule has 0 aliphatic heterocycles. The van der Waals surface area contributed by atoms with E-state index in [0.29, 0.717) is 10.6 Å². The number of hydrogen-bond donors (Lipinski definition) is 2. The van der Waals surface area contributed by atoms with Crippen molar-refractivity contribution in [2.24, 2.45) is 0 Å². The van der Waals surface area contributed by atoms with Gasteiger partial charge in [-0.1, -0.05) is 12.2 Å². The summed E-state index contributed by atoms with van der Waals surface area (Å²) in [6, 6.07) is -0.954. The predicted molar refractivity (Wildman–Crippen MR) is 81.6 cm³/mol. The van der Waals surface area contributed by atoms with E-state index in [1.807, 2.05) is 6.92 Å². The summed E-state index contributed by atoms with van der Waals surface area (Å²) >= 11 is 4.60. The van der Waals surface area contributed by atoms with E-state index in [1.165, 1.54) is 18.4 Å². The lowest BCUT2D eigenvalue weighted by molar-refractivity contribution is -0.139. The van der Waals surface area contributed by atoms with Crippen LogP contribution in [0.3, 0.4) is 0 Å². The number of aryl methyl sites for hydroxylation is 1. The van der Waals surface area contributed by atoms with Gasteiger partial charge in [-0.2, -0.15) is 0 Å². The molecule has 1 aromatic heterocycles. The van der Waals surface area contributed by atoms with Crippen LogP contribution >= 0.6 is 27.3 Å². The fourth-order valence-corrected chi connectivity index (χ4v) is 3.21. The van der Waals surface area contributed by atoms with Crippen molar-refractivity contribution in [2.75, 3.05) is 7.11 Å². The number of aliphatic carboxylic acids is 1. The molecule has 110 valence electrons. The topological polar surface area (TPSA) is 75.6 Å². The van der Waals surface area contributed by atoms with Gasteiger partial charge in [-0.15, -0.1) is 11.3 Å². The van der Waals surface area contributed by atoms with Gasteiger partial charge in [0.1, 0.15) is 10.9 Å². The fraction of sp³-hybridized carbons (Fsp3) is 0.385. The first-order chi connectivity index (χ1) is 9.42. The summed E-state index contributed by atoms with van der Waals surface area (Å²) < 4.78 is 5.90. The van der Waals surface area contributed by atoms with Crippen LogP contribution in [0, 0.1) is 6.92 Å². The summed E-state index contributed by atoms with van der Waals surface area (Å²) in [6.45, 7) is 3.64. The molecule has 0 spiro atoms. The Hall–Kier alpha value is -1.34. The second kappa shape index (κ2) is 7.44. The number of carbonyl (C=O) groups excluding carboxylic acids is 1. The van der Waals surface area contributed by atoms with Gasteiger partial charge in [-0.25, -0.2) is 4.79 Å². The highest BCUT2D eigenvalue weighted by Gasteiger charge is 2.25. The fourth-order valence-electron chi connectivity index (χ4n) is 1.55. The van der Waals surface area contributed by atoms with Crippen LogP contribution in [0.1, 0.15) is 27.9 Å². The number of halogens is 1. The van der Waals surface area contributed by atoms with Crippen LogP contribution in [0.5, 0.6) is 5.75 Å². The van der Waals surface area contributed by atoms with Crippen LogP contribution in [-0.2, 0) is 4.79 Å². The minimum Gasteiger partial charge on any atom is -0.494 e. The largest absolute Gasteiger partial charge is 0.494 e. The standard InChI is InChI=1S/C13H16BrNO4S/c1-4-5-6-8(13(17)18)15-12(16)11-10(19-3)9(14)7(2)20-11/h4-5,8H,6H2,1-3H3,(H,15,16)(H,17,18)/b5-4+. The summed E-state index contributed by atoms with van der Waals surface area (Å²) in [4.78, 5) is 24.6. The third-order valence-electron chi connectivity index (χ3n) is 2.59. The lowest BCUT2D eigenvalue weighted by Gasteiger charge is -2.12. The quantitative estimate of drug-likeness (QED) is 0.763. The Kier molecular flexibility index (Phi) is 6.22. The van der Waals surface area contributed by atoms with Crippen molar-refractivity contribution in [1.29, 1.82) is 0 Å². The number of allylic oxidation sites excluding steroid dienone is 1. The number of amides is 1. The van der Waals surface area contributed by atoms with E-state index in [0.717, 1.165) is 9.35 Å². The molecular weight excluding hydrogens is 346 g/mol. The Labute approximate surface area is 129 Å². The number of nitrogens with one attached hydrogen (secondary N) is 1. The first-order valence-electron chi connectivity index (χ1n) is 5.90. The lowest BCUT2D eigenvalue weighted by atomic mass is 10.2. The Morgan fingerprint density at radius 1 is 1.55 bits per heavy atom. The zero-order valence-corrected chi connectivity index (χ0v) is 13.8. The second-order valence-corrected chi connectivity index (χ2v) is 6.02. The number of methoxy groups -OCH3 is 1. The summed E-state index contributed by atoms with van der Waals surface area (Å²) in [7, 11) is 1.47. The molecule has 20 heavy (non-hydrogen) atoms. The van der Waals surface area contributed by atoms with Crippen molar-refractivity contribution in [2.45, 2.75) is 26.3 Å². The molecule has 5 nitrogen and oxygen atoms in total. The van der Waals surface area contributed by atoms with Crippen molar-refractivity contribution in [3.63, 3.8) is 0 Å². The van der Waals surface area contributed by atoms with Gasteiger partial charge in [0, 0.05) is 4.88 Å². The molecule has 0 aliphatic carbocycles. The Morgan fingerprint density at radius 2 is 2.20 bits per heavy atom. The van der Waals surface area contributed by atoms with E-state index in [4.69, 9.17) is 9.84 Å². The van der Waals surface area contributed by atoms with Crippen molar-refractivity contribution < 1.29 is 19.4 Å². The number of ether oxygens (including phenoxy) is 1. The zero-order valence-electron chi connectivity index (χ0n) is 11.4. The normalized spacial score (nSPS) is 12.4. The van der Waals surface area contributed by atoms with Gasteiger partial charge in [0.25, 0.3) is 5.91 Å². The SMILES string of the molecule is C/C=C/CC(NC(=O)c1sc(C)c(Br)c1OC)C(=O)O. The molecule has 0 saturated heterocycles. The first-order valence-corrected chi connectivity index (χ1v) is 7.51. The Bertz CT molecular complexity index is 539. The lowest BCUT2D eigenvalue weighted by Crippen LogP contribution is -2.40. The van der Waals surface area contributed by atoms with Crippen LogP contribution in [0.15, 0.2) is 16.6 Å². The van der Waals surface area contributed by atoms with Crippen LogP contribution in [0.4, 0.5) is 0 Å². The third-order valence-corrected chi connectivity index (χ3v) is 4.89. The van der Waals surface area contributed by atoms with Crippen LogP contribution < -0.4 is 10.1 Å². The molecule has 1 atom stereocenters. The highest BCUT2D eigenvalue weighted by Crippen LogP contribution is 2.39. The average molecular weight is 362 g/mol.